The van der Waals surface area contributed by atoms with Crippen molar-refractivity contribution in [2.24, 2.45) is 0 Å². The molecule has 0 radical (unpaired) electrons. The van der Waals surface area contributed by atoms with Crippen molar-refractivity contribution >= 4 is 11.3 Å². The smallest absolute Gasteiger partial charge is 0.249 e. The normalized spacial score (nSPS) is 10.3. The summed E-state index contributed by atoms with van der Waals surface area (Å²) in [6.45, 7) is 0.641. The first-order valence-corrected chi connectivity index (χ1v) is 4.23. The van der Waals surface area contributed by atoms with E-state index >= 15 is 0 Å². The van der Waals surface area contributed by atoms with Gasteiger partial charge >= 0.3 is 0 Å². The minimum absolute atomic E-state index is 0.499. The van der Waals surface area contributed by atoms with E-state index in [1.807, 2.05) is 17.5 Å². The molecule has 0 aliphatic rings. The SMILES string of the molecule is O=[N+]([O-])C=CNCc1cccs1. The fraction of sp³-hybridized carbons (Fsp3) is 0.143. The van der Waals surface area contributed by atoms with Crippen molar-refractivity contribution in [1.82, 2.24) is 5.32 Å². The van der Waals surface area contributed by atoms with Gasteiger partial charge in [0.15, 0.2) is 0 Å². The highest BCUT2D eigenvalue weighted by Crippen LogP contribution is 2.06. The maximum Gasteiger partial charge on any atom is 0.249 e. The highest BCUT2D eigenvalue weighted by atomic mass is 32.1. The maximum absolute atomic E-state index is 9.84. The van der Waals surface area contributed by atoms with E-state index < -0.39 is 4.92 Å². The van der Waals surface area contributed by atoms with Gasteiger partial charge in [-0.2, -0.15) is 0 Å². The predicted octanol–water partition coefficient (Wildman–Crippen LogP) is 1.59. The Morgan fingerprint density at radius 2 is 2.58 bits per heavy atom. The number of thiophene rings is 1. The molecule has 64 valence electrons. The van der Waals surface area contributed by atoms with Crippen LogP contribution in [0.2, 0.25) is 0 Å². The van der Waals surface area contributed by atoms with Crippen LogP contribution in [0.25, 0.3) is 0 Å². The summed E-state index contributed by atoms with van der Waals surface area (Å²) in [5.41, 5.74) is 0. The van der Waals surface area contributed by atoms with Crippen LogP contribution < -0.4 is 5.32 Å². The molecular formula is C7H8N2O2S. The fourth-order valence-electron chi connectivity index (χ4n) is 0.686. The first-order valence-electron chi connectivity index (χ1n) is 3.35. The minimum atomic E-state index is -0.499. The standard InChI is InChI=1S/C7H8N2O2S/c10-9(11)4-3-8-6-7-2-1-5-12-7/h1-5,8H,6H2. The molecule has 0 amide bonds. The van der Waals surface area contributed by atoms with Crippen molar-refractivity contribution in [3.05, 3.63) is 44.9 Å². The average molecular weight is 184 g/mol. The van der Waals surface area contributed by atoms with Gasteiger partial charge in [0, 0.05) is 11.4 Å². The van der Waals surface area contributed by atoms with Crippen LogP contribution in [-0.4, -0.2) is 4.92 Å². The highest BCUT2D eigenvalue weighted by Gasteiger charge is 1.89. The number of hydrogen-bond acceptors (Lipinski definition) is 4. The molecular weight excluding hydrogens is 176 g/mol. The molecule has 1 aromatic rings. The van der Waals surface area contributed by atoms with Crippen LogP contribution in [0.1, 0.15) is 4.88 Å². The molecule has 0 aliphatic heterocycles. The lowest BCUT2D eigenvalue weighted by molar-refractivity contribution is -0.402. The van der Waals surface area contributed by atoms with Gasteiger partial charge in [0.25, 0.3) is 0 Å². The van der Waals surface area contributed by atoms with E-state index in [0.29, 0.717) is 6.54 Å². The fourth-order valence-corrected chi connectivity index (χ4v) is 1.34. The zero-order chi connectivity index (χ0) is 8.81. The van der Waals surface area contributed by atoms with E-state index in [0.717, 1.165) is 11.1 Å². The second kappa shape index (κ2) is 4.50. The van der Waals surface area contributed by atoms with Crippen molar-refractivity contribution < 1.29 is 4.92 Å². The Balaban J connectivity index is 2.23. The van der Waals surface area contributed by atoms with E-state index in [4.69, 9.17) is 0 Å². The summed E-state index contributed by atoms with van der Waals surface area (Å²) in [4.78, 5) is 10.5. The third-order valence-electron chi connectivity index (χ3n) is 1.17. The highest BCUT2D eigenvalue weighted by molar-refractivity contribution is 7.09. The Morgan fingerprint density at radius 1 is 1.75 bits per heavy atom. The van der Waals surface area contributed by atoms with Crippen LogP contribution in [-0.2, 0) is 6.54 Å². The second-order valence-electron chi connectivity index (χ2n) is 2.06. The van der Waals surface area contributed by atoms with Gasteiger partial charge in [0.2, 0.25) is 6.20 Å². The molecule has 12 heavy (non-hydrogen) atoms. The summed E-state index contributed by atoms with van der Waals surface area (Å²) >= 11 is 1.62. The van der Waals surface area contributed by atoms with E-state index in [2.05, 4.69) is 5.32 Å². The zero-order valence-electron chi connectivity index (χ0n) is 6.27. The summed E-state index contributed by atoms with van der Waals surface area (Å²) in [5, 5.41) is 14.6. The summed E-state index contributed by atoms with van der Waals surface area (Å²) < 4.78 is 0. The van der Waals surface area contributed by atoms with E-state index in [-0.39, 0.29) is 0 Å². The Bertz CT molecular complexity index is 269. The van der Waals surface area contributed by atoms with Gasteiger partial charge in [0.1, 0.15) is 0 Å². The predicted molar refractivity (Wildman–Crippen MR) is 47.3 cm³/mol. The first-order chi connectivity index (χ1) is 5.79. The van der Waals surface area contributed by atoms with Gasteiger partial charge in [-0.05, 0) is 11.4 Å². The molecule has 0 fully saturated rings. The van der Waals surface area contributed by atoms with E-state index in [9.17, 15) is 10.1 Å². The number of rotatable bonds is 4. The summed E-state index contributed by atoms with van der Waals surface area (Å²) in [7, 11) is 0. The largest absolute Gasteiger partial charge is 0.381 e. The Kier molecular flexibility index (Phi) is 3.28. The Hall–Kier alpha value is -1.36. The summed E-state index contributed by atoms with van der Waals surface area (Å²) in [6.07, 6.45) is 2.22. The average Bonchev–Trinajstić information content (AvgIpc) is 2.49. The van der Waals surface area contributed by atoms with Crippen molar-refractivity contribution in [3.63, 3.8) is 0 Å². The molecule has 0 spiro atoms. The number of hydrogen-bond donors (Lipinski definition) is 1. The first kappa shape index (κ1) is 8.73. The van der Waals surface area contributed by atoms with Crippen molar-refractivity contribution in [3.8, 4) is 0 Å². The molecule has 0 aliphatic carbocycles. The van der Waals surface area contributed by atoms with Crippen LogP contribution in [0.5, 0.6) is 0 Å². The van der Waals surface area contributed by atoms with Gasteiger partial charge in [-0.3, -0.25) is 10.1 Å². The van der Waals surface area contributed by atoms with E-state index in [1.165, 1.54) is 6.20 Å². The lowest BCUT2D eigenvalue weighted by atomic mass is 10.5. The van der Waals surface area contributed by atoms with Crippen molar-refractivity contribution in [2.45, 2.75) is 6.54 Å². The molecule has 0 aromatic carbocycles. The van der Waals surface area contributed by atoms with E-state index in [1.54, 1.807) is 11.3 Å². The van der Waals surface area contributed by atoms with Crippen LogP contribution >= 0.6 is 11.3 Å². The molecule has 0 saturated heterocycles. The van der Waals surface area contributed by atoms with Crippen molar-refractivity contribution in [1.29, 1.82) is 0 Å². The molecule has 0 unspecified atom stereocenters. The molecule has 0 bridgehead atoms. The van der Waals surface area contributed by atoms with Crippen molar-refractivity contribution in [2.75, 3.05) is 0 Å². The molecule has 0 atom stereocenters. The topological polar surface area (TPSA) is 55.2 Å². The number of nitrogens with one attached hydrogen (secondary N) is 1. The van der Waals surface area contributed by atoms with Crippen LogP contribution in [0.3, 0.4) is 0 Å². The Morgan fingerprint density at radius 3 is 3.17 bits per heavy atom. The molecule has 0 saturated carbocycles. The molecule has 1 aromatic heterocycles. The summed E-state index contributed by atoms with van der Waals surface area (Å²) in [6, 6.07) is 3.91. The Labute approximate surface area is 73.7 Å². The third kappa shape index (κ3) is 3.16. The van der Waals surface area contributed by atoms with Crippen LogP contribution in [0.15, 0.2) is 29.9 Å². The molecule has 1 rings (SSSR count). The van der Waals surface area contributed by atoms with Gasteiger partial charge in [-0.25, -0.2) is 0 Å². The molecule has 4 nitrogen and oxygen atoms in total. The lowest BCUT2D eigenvalue weighted by Crippen LogP contribution is -2.03. The second-order valence-corrected chi connectivity index (χ2v) is 3.09. The number of nitro groups is 1. The molecule has 5 heteroatoms. The molecule has 1 heterocycles. The number of nitrogens with zero attached hydrogens (tertiary/aromatic N) is 1. The van der Waals surface area contributed by atoms with Gasteiger partial charge in [-0.1, -0.05) is 6.07 Å². The summed E-state index contributed by atoms with van der Waals surface area (Å²) in [5.74, 6) is 0. The van der Waals surface area contributed by atoms with Crippen LogP contribution in [0.4, 0.5) is 0 Å². The third-order valence-corrected chi connectivity index (χ3v) is 2.05. The lowest BCUT2D eigenvalue weighted by Gasteiger charge is -1.93. The van der Waals surface area contributed by atoms with Crippen LogP contribution in [0, 0.1) is 10.1 Å². The quantitative estimate of drug-likeness (QED) is 0.571. The van der Waals surface area contributed by atoms with Gasteiger partial charge < -0.3 is 5.32 Å². The monoisotopic (exact) mass is 184 g/mol. The zero-order valence-corrected chi connectivity index (χ0v) is 7.08. The van der Waals surface area contributed by atoms with Gasteiger partial charge in [-0.15, -0.1) is 11.3 Å². The molecule has 1 N–H and O–H groups in total. The van der Waals surface area contributed by atoms with Gasteiger partial charge in [0.05, 0.1) is 11.1 Å². The maximum atomic E-state index is 9.84. The minimum Gasteiger partial charge on any atom is -0.381 e.